The third kappa shape index (κ3) is 4.59. The summed E-state index contributed by atoms with van der Waals surface area (Å²) < 4.78 is 6.14. The van der Waals surface area contributed by atoms with E-state index in [-0.39, 0.29) is 6.54 Å². The van der Waals surface area contributed by atoms with Crippen molar-refractivity contribution in [2.24, 2.45) is 0 Å². The van der Waals surface area contributed by atoms with Crippen LogP contribution in [0.25, 0.3) is 0 Å². The highest BCUT2D eigenvalue weighted by Crippen LogP contribution is 2.42. The van der Waals surface area contributed by atoms with Crippen molar-refractivity contribution in [2.45, 2.75) is 25.2 Å². The summed E-state index contributed by atoms with van der Waals surface area (Å²) in [5.74, 6) is -1.55. The van der Waals surface area contributed by atoms with Crippen molar-refractivity contribution >= 4 is 40.8 Å². The maximum Gasteiger partial charge on any atom is 0.306 e. The Bertz CT molecular complexity index is 1120. The molecule has 1 amide bonds. The molecule has 0 saturated heterocycles. The molecule has 3 aromatic carbocycles. The molecule has 0 fully saturated rings. The average molecular weight is 456 g/mol. The minimum absolute atomic E-state index is 0.267. The first-order chi connectivity index (χ1) is 14.9. The van der Waals surface area contributed by atoms with Crippen molar-refractivity contribution in [1.29, 1.82) is 0 Å². The molecule has 7 heteroatoms. The van der Waals surface area contributed by atoms with Gasteiger partial charge in [0.05, 0.1) is 18.7 Å². The van der Waals surface area contributed by atoms with Crippen LogP contribution in [0.3, 0.4) is 0 Å². The van der Waals surface area contributed by atoms with Gasteiger partial charge in [-0.15, -0.1) is 0 Å². The van der Waals surface area contributed by atoms with Crippen LogP contribution in [0.4, 0.5) is 5.69 Å². The molecular formula is C24H19Cl2NO4. The number of carboxylic acids is 1. The first kappa shape index (κ1) is 21.4. The van der Waals surface area contributed by atoms with Crippen LogP contribution in [0.2, 0.25) is 10.0 Å². The van der Waals surface area contributed by atoms with Gasteiger partial charge in [0.25, 0.3) is 5.91 Å². The van der Waals surface area contributed by atoms with E-state index in [9.17, 15) is 14.7 Å². The molecule has 0 radical (unpaired) electrons. The number of aliphatic carboxylic acids is 1. The van der Waals surface area contributed by atoms with Gasteiger partial charge in [-0.05, 0) is 29.8 Å². The van der Waals surface area contributed by atoms with E-state index in [1.54, 1.807) is 41.3 Å². The largest absolute Gasteiger partial charge is 0.481 e. The maximum absolute atomic E-state index is 13.5. The second-order valence-corrected chi connectivity index (χ2v) is 8.08. The number of rotatable bonds is 5. The first-order valence-electron chi connectivity index (χ1n) is 9.70. The molecule has 158 valence electrons. The highest BCUT2D eigenvalue weighted by atomic mass is 35.5. The van der Waals surface area contributed by atoms with Crippen molar-refractivity contribution < 1.29 is 19.4 Å². The Balaban J connectivity index is 1.88. The molecule has 1 aliphatic heterocycles. The highest BCUT2D eigenvalue weighted by molar-refractivity contribution is 6.31. The third-order valence-electron chi connectivity index (χ3n) is 5.14. The summed E-state index contributed by atoms with van der Waals surface area (Å²) >= 11 is 12.7. The SMILES string of the molecule is O=C(O)CC1OC(c2ccccc2Cl)c2cc(Cl)ccc2N(Cc2ccccc2)C1=O. The standard InChI is InChI=1S/C24H19Cl2NO4/c25-16-10-11-20-18(12-16)23(17-8-4-5-9-19(17)26)31-21(13-22(28)29)24(30)27(20)14-15-6-2-1-3-7-15/h1-12,21,23H,13-14H2,(H,28,29). The molecule has 5 nitrogen and oxygen atoms in total. The summed E-state index contributed by atoms with van der Waals surface area (Å²) in [6, 6.07) is 21.8. The Morgan fingerprint density at radius 2 is 1.68 bits per heavy atom. The van der Waals surface area contributed by atoms with E-state index >= 15 is 0 Å². The maximum atomic E-state index is 13.5. The van der Waals surface area contributed by atoms with E-state index in [0.717, 1.165) is 5.56 Å². The number of anilines is 1. The van der Waals surface area contributed by atoms with Gasteiger partial charge in [0.1, 0.15) is 12.2 Å². The van der Waals surface area contributed by atoms with Crippen LogP contribution in [0, 0.1) is 0 Å². The molecule has 0 aromatic heterocycles. The van der Waals surface area contributed by atoms with Crippen LogP contribution in [-0.2, 0) is 20.9 Å². The molecule has 3 aromatic rings. The van der Waals surface area contributed by atoms with Crippen LogP contribution in [0.15, 0.2) is 72.8 Å². The second kappa shape index (κ2) is 9.10. The van der Waals surface area contributed by atoms with E-state index in [0.29, 0.717) is 26.9 Å². The van der Waals surface area contributed by atoms with Gasteiger partial charge in [-0.25, -0.2) is 0 Å². The van der Waals surface area contributed by atoms with Gasteiger partial charge in [0.2, 0.25) is 0 Å². The lowest BCUT2D eigenvalue weighted by Crippen LogP contribution is -2.40. The number of fused-ring (bicyclic) bond motifs is 1. The Hall–Kier alpha value is -2.86. The fraction of sp³-hybridized carbons (Fsp3) is 0.167. The molecular weight excluding hydrogens is 437 g/mol. The van der Waals surface area contributed by atoms with Crippen molar-refractivity contribution in [2.75, 3.05) is 4.90 Å². The molecule has 1 aliphatic rings. The summed E-state index contributed by atoms with van der Waals surface area (Å²) in [7, 11) is 0. The average Bonchev–Trinajstić information content (AvgIpc) is 2.85. The number of hydrogen-bond donors (Lipinski definition) is 1. The molecule has 0 spiro atoms. The molecule has 2 unspecified atom stereocenters. The minimum atomic E-state index is -1.19. The summed E-state index contributed by atoms with van der Waals surface area (Å²) in [6.45, 7) is 0.267. The van der Waals surface area contributed by atoms with Gasteiger partial charge < -0.3 is 14.7 Å². The number of carbonyl (C=O) groups excluding carboxylic acids is 1. The molecule has 0 saturated carbocycles. The van der Waals surface area contributed by atoms with Crippen LogP contribution in [-0.4, -0.2) is 23.1 Å². The number of carboxylic acid groups (broad SMARTS) is 1. The number of benzene rings is 3. The van der Waals surface area contributed by atoms with Crippen LogP contribution in [0.5, 0.6) is 0 Å². The van der Waals surface area contributed by atoms with Gasteiger partial charge in [-0.2, -0.15) is 0 Å². The Kier molecular flexibility index (Phi) is 6.28. The van der Waals surface area contributed by atoms with E-state index in [4.69, 9.17) is 27.9 Å². The van der Waals surface area contributed by atoms with Gasteiger partial charge in [-0.3, -0.25) is 9.59 Å². The van der Waals surface area contributed by atoms with Gasteiger partial charge in [-0.1, -0.05) is 71.7 Å². The summed E-state index contributed by atoms with van der Waals surface area (Å²) in [5.41, 5.74) is 2.80. The summed E-state index contributed by atoms with van der Waals surface area (Å²) in [4.78, 5) is 26.6. The Morgan fingerprint density at radius 1 is 0.968 bits per heavy atom. The van der Waals surface area contributed by atoms with E-state index in [2.05, 4.69) is 0 Å². The summed E-state index contributed by atoms with van der Waals surface area (Å²) in [5, 5.41) is 10.4. The zero-order valence-corrected chi connectivity index (χ0v) is 17.9. The second-order valence-electron chi connectivity index (χ2n) is 7.24. The molecule has 0 aliphatic carbocycles. The van der Waals surface area contributed by atoms with Crippen LogP contribution >= 0.6 is 23.2 Å². The third-order valence-corrected chi connectivity index (χ3v) is 5.72. The fourth-order valence-electron chi connectivity index (χ4n) is 3.72. The lowest BCUT2D eigenvalue weighted by atomic mass is 9.99. The number of halogens is 2. The van der Waals surface area contributed by atoms with Crippen molar-refractivity contribution in [1.82, 2.24) is 0 Å². The number of carbonyl (C=O) groups is 2. The minimum Gasteiger partial charge on any atom is -0.481 e. The molecule has 0 bridgehead atoms. The number of hydrogen-bond acceptors (Lipinski definition) is 3. The van der Waals surface area contributed by atoms with Crippen molar-refractivity contribution in [3.8, 4) is 0 Å². The molecule has 1 N–H and O–H groups in total. The Labute approximate surface area is 189 Å². The van der Waals surface area contributed by atoms with E-state index in [1.165, 1.54) is 0 Å². The van der Waals surface area contributed by atoms with Gasteiger partial charge in [0, 0.05) is 21.2 Å². The molecule has 1 heterocycles. The molecule has 2 atom stereocenters. The molecule has 31 heavy (non-hydrogen) atoms. The molecule has 4 rings (SSSR count). The smallest absolute Gasteiger partial charge is 0.306 e. The van der Waals surface area contributed by atoms with Gasteiger partial charge >= 0.3 is 5.97 Å². The quantitative estimate of drug-likeness (QED) is 0.552. The first-order valence-corrected chi connectivity index (χ1v) is 10.5. The number of ether oxygens (including phenoxy) is 1. The van der Waals surface area contributed by atoms with Gasteiger partial charge in [0.15, 0.2) is 0 Å². The van der Waals surface area contributed by atoms with Crippen LogP contribution < -0.4 is 4.90 Å². The number of nitrogens with zero attached hydrogens (tertiary/aromatic N) is 1. The van der Waals surface area contributed by atoms with E-state index in [1.807, 2.05) is 36.4 Å². The fourth-order valence-corrected chi connectivity index (χ4v) is 4.14. The topological polar surface area (TPSA) is 66.8 Å². The van der Waals surface area contributed by atoms with Crippen LogP contribution in [0.1, 0.15) is 29.2 Å². The summed E-state index contributed by atoms with van der Waals surface area (Å²) in [6.07, 6.45) is -2.41. The van der Waals surface area contributed by atoms with Crippen molar-refractivity contribution in [3.63, 3.8) is 0 Å². The zero-order chi connectivity index (χ0) is 22.0. The normalized spacial score (nSPS) is 18.4. The van der Waals surface area contributed by atoms with E-state index < -0.39 is 30.5 Å². The lowest BCUT2D eigenvalue weighted by molar-refractivity contribution is -0.146. The number of amides is 1. The monoisotopic (exact) mass is 455 g/mol. The predicted octanol–water partition coefficient (Wildman–Crippen LogP) is 5.49. The highest BCUT2D eigenvalue weighted by Gasteiger charge is 2.38. The lowest BCUT2D eigenvalue weighted by Gasteiger charge is -2.25. The zero-order valence-electron chi connectivity index (χ0n) is 16.4. The predicted molar refractivity (Wildman–Crippen MR) is 120 cm³/mol. The van der Waals surface area contributed by atoms with Crippen molar-refractivity contribution in [3.05, 3.63) is 99.5 Å². The Morgan fingerprint density at radius 3 is 2.39 bits per heavy atom.